The highest BCUT2D eigenvalue weighted by Crippen LogP contribution is 2.22. The highest BCUT2D eigenvalue weighted by molar-refractivity contribution is 6.37. The normalized spacial score (nSPS) is 11.1. The van der Waals surface area contributed by atoms with Crippen LogP contribution >= 0.6 is 34.8 Å². The Morgan fingerprint density at radius 3 is 2.13 bits per heavy atom. The van der Waals surface area contributed by atoms with E-state index in [-0.39, 0.29) is 10.9 Å². The number of hydrazone groups is 1. The Morgan fingerprint density at radius 2 is 1.47 bits per heavy atom. The molecule has 0 aliphatic heterocycles. The average molecular weight is 461 g/mol. The van der Waals surface area contributed by atoms with Crippen LogP contribution in [-0.2, 0) is 0 Å². The Morgan fingerprint density at radius 1 is 0.800 bits per heavy atom. The molecule has 0 spiro atoms. The van der Waals surface area contributed by atoms with Crippen molar-refractivity contribution < 1.29 is 9.59 Å². The molecule has 0 aliphatic rings. The van der Waals surface area contributed by atoms with Crippen molar-refractivity contribution in [3.05, 3.63) is 98.5 Å². The van der Waals surface area contributed by atoms with Crippen LogP contribution in [0.15, 0.2) is 71.8 Å². The molecule has 0 heterocycles. The van der Waals surface area contributed by atoms with Gasteiger partial charge in [-0.2, -0.15) is 5.10 Å². The van der Waals surface area contributed by atoms with Gasteiger partial charge in [0.2, 0.25) is 0 Å². The molecule has 0 aliphatic carbocycles. The molecule has 152 valence electrons. The molecule has 0 fully saturated rings. The molecule has 3 rings (SSSR count). The second-order valence-electron chi connectivity index (χ2n) is 6.27. The standard InChI is InChI=1S/C22H16Cl3N3O2/c1-13(27-28-22(30)17-4-2-3-5-19(17)24)14-6-9-16(10-7-14)26-21(29)18-11-8-15(23)12-20(18)25/h2-12H,1H3,(H,26,29)(H,28,30). The fourth-order valence-corrected chi connectivity index (χ4v) is 3.29. The summed E-state index contributed by atoms with van der Waals surface area (Å²) in [4.78, 5) is 24.6. The predicted octanol–water partition coefficient (Wildman–Crippen LogP) is 6.05. The van der Waals surface area contributed by atoms with Gasteiger partial charge in [0.25, 0.3) is 11.8 Å². The van der Waals surface area contributed by atoms with Gasteiger partial charge in [0, 0.05) is 10.7 Å². The smallest absolute Gasteiger partial charge is 0.272 e. The van der Waals surface area contributed by atoms with Crippen molar-refractivity contribution >= 4 is 58.0 Å². The van der Waals surface area contributed by atoms with Gasteiger partial charge in [0.05, 0.1) is 26.9 Å². The lowest BCUT2D eigenvalue weighted by atomic mass is 10.1. The summed E-state index contributed by atoms with van der Waals surface area (Å²) in [6.45, 7) is 1.76. The number of rotatable bonds is 5. The molecule has 5 nitrogen and oxygen atoms in total. The Hall–Kier alpha value is -2.86. The fourth-order valence-electron chi connectivity index (χ4n) is 2.57. The minimum atomic E-state index is -0.399. The Balaban J connectivity index is 1.66. The van der Waals surface area contributed by atoms with E-state index in [0.29, 0.717) is 32.6 Å². The largest absolute Gasteiger partial charge is 0.322 e. The van der Waals surface area contributed by atoms with Crippen molar-refractivity contribution in [1.82, 2.24) is 5.43 Å². The highest BCUT2D eigenvalue weighted by atomic mass is 35.5. The predicted molar refractivity (Wildman–Crippen MR) is 122 cm³/mol. The van der Waals surface area contributed by atoms with E-state index in [0.717, 1.165) is 5.56 Å². The zero-order valence-corrected chi connectivity index (χ0v) is 18.0. The molecule has 3 aromatic carbocycles. The number of anilines is 1. The summed E-state index contributed by atoms with van der Waals surface area (Å²) in [5, 5.41) is 7.96. The molecule has 0 saturated heterocycles. The van der Waals surface area contributed by atoms with Crippen LogP contribution < -0.4 is 10.7 Å². The molecule has 3 aromatic rings. The van der Waals surface area contributed by atoms with E-state index >= 15 is 0 Å². The fraction of sp³-hybridized carbons (Fsp3) is 0.0455. The first-order chi connectivity index (χ1) is 14.3. The quantitative estimate of drug-likeness (QED) is 0.359. The van der Waals surface area contributed by atoms with Gasteiger partial charge < -0.3 is 5.32 Å². The van der Waals surface area contributed by atoms with Crippen molar-refractivity contribution in [2.75, 3.05) is 5.32 Å². The molecule has 0 unspecified atom stereocenters. The molecular weight excluding hydrogens is 445 g/mol. The van der Waals surface area contributed by atoms with Crippen molar-refractivity contribution in [3.8, 4) is 0 Å². The number of nitrogens with one attached hydrogen (secondary N) is 2. The molecule has 0 radical (unpaired) electrons. The van der Waals surface area contributed by atoms with Crippen molar-refractivity contribution in [2.24, 2.45) is 5.10 Å². The van der Waals surface area contributed by atoms with Gasteiger partial charge in [-0.3, -0.25) is 9.59 Å². The number of nitrogens with zero attached hydrogens (tertiary/aromatic N) is 1. The van der Waals surface area contributed by atoms with Gasteiger partial charge >= 0.3 is 0 Å². The zero-order valence-electron chi connectivity index (χ0n) is 15.7. The van der Waals surface area contributed by atoms with Crippen LogP contribution in [-0.4, -0.2) is 17.5 Å². The first-order valence-corrected chi connectivity index (χ1v) is 9.94. The second kappa shape index (κ2) is 9.76. The summed E-state index contributed by atoms with van der Waals surface area (Å²) < 4.78 is 0. The molecule has 2 N–H and O–H groups in total. The second-order valence-corrected chi connectivity index (χ2v) is 7.52. The number of carbonyl (C=O) groups excluding carboxylic acids is 2. The molecule has 0 aromatic heterocycles. The molecular formula is C22H16Cl3N3O2. The van der Waals surface area contributed by atoms with Gasteiger partial charge in [0.15, 0.2) is 0 Å². The topological polar surface area (TPSA) is 70.6 Å². The maximum Gasteiger partial charge on any atom is 0.272 e. The first kappa shape index (κ1) is 21.8. The van der Waals surface area contributed by atoms with Gasteiger partial charge in [0.1, 0.15) is 0 Å². The first-order valence-electron chi connectivity index (χ1n) is 8.81. The zero-order chi connectivity index (χ0) is 21.7. The lowest BCUT2D eigenvalue weighted by molar-refractivity contribution is 0.0954. The van der Waals surface area contributed by atoms with Crippen LogP contribution in [0.3, 0.4) is 0 Å². The van der Waals surface area contributed by atoms with Crippen LogP contribution in [0.4, 0.5) is 5.69 Å². The van der Waals surface area contributed by atoms with Crippen LogP contribution in [0.1, 0.15) is 33.2 Å². The summed E-state index contributed by atoms with van der Waals surface area (Å²) >= 11 is 17.9. The number of hydrogen-bond donors (Lipinski definition) is 2. The number of carbonyl (C=O) groups is 2. The number of hydrogen-bond acceptors (Lipinski definition) is 3. The van der Waals surface area contributed by atoms with Crippen LogP contribution in [0.5, 0.6) is 0 Å². The number of benzene rings is 3. The SMILES string of the molecule is CC(=NNC(=O)c1ccccc1Cl)c1ccc(NC(=O)c2ccc(Cl)cc2Cl)cc1. The van der Waals surface area contributed by atoms with Gasteiger partial charge in [-0.15, -0.1) is 0 Å². The lowest BCUT2D eigenvalue weighted by Crippen LogP contribution is -2.19. The minimum Gasteiger partial charge on any atom is -0.322 e. The number of halogens is 3. The van der Waals surface area contributed by atoms with E-state index in [1.807, 2.05) is 0 Å². The Kier molecular flexibility index (Phi) is 7.11. The monoisotopic (exact) mass is 459 g/mol. The highest BCUT2D eigenvalue weighted by Gasteiger charge is 2.12. The summed E-state index contributed by atoms with van der Waals surface area (Å²) in [5.41, 5.74) is 5.11. The third-order valence-corrected chi connectivity index (χ3v) is 5.06. The summed E-state index contributed by atoms with van der Waals surface area (Å²) in [7, 11) is 0. The summed E-state index contributed by atoms with van der Waals surface area (Å²) in [5.74, 6) is -0.745. The van der Waals surface area contributed by atoms with E-state index < -0.39 is 5.91 Å². The van der Waals surface area contributed by atoms with Gasteiger partial charge in [-0.05, 0) is 55.0 Å². The van der Waals surface area contributed by atoms with E-state index in [4.69, 9.17) is 34.8 Å². The molecule has 30 heavy (non-hydrogen) atoms. The van der Waals surface area contributed by atoms with Gasteiger partial charge in [-0.1, -0.05) is 59.1 Å². The minimum absolute atomic E-state index is 0.272. The van der Waals surface area contributed by atoms with E-state index in [1.54, 1.807) is 67.6 Å². The Bertz CT molecular complexity index is 1130. The third kappa shape index (κ3) is 5.39. The average Bonchev–Trinajstić information content (AvgIpc) is 2.72. The maximum absolute atomic E-state index is 12.4. The van der Waals surface area contributed by atoms with Crippen molar-refractivity contribution in [2.45, 2.75) is 6.92 Å². The maximum atomic E-state index is 12.4. The summed E-state index contributed by atoms with van der Waals surface area (Å²) in [6, 6.07) is 18.4. The Labute approximate surface area is 188 Å². The van der Waals surface area contributed by atoms with E-state index in [2.05, 4.69) is 15.8 Å². The molecule has 8 heteroatoms. The van der Waals surface area contributed by atoms with E-state index in [9.17, 15) is 9.59 Å². The van der Waals surface area contributed by atoms with Crippen molar-refractivity contribution in [1.29, 1.82) is 0 Å². The lowest BCUT2D eigenvalue weighted by Gasteiger charge is -2.08. The molecule has 0 saturated carbocycles. The van der Waals surface area contributed by atoms with Crippen molar-refractivity contribution in [3.63, 3.8) is 0 Å². The number of amides is 2. The van der Waals surface area contributed by atoms with E-state index in [1.165, 1.54) is 6.07 Å². The van der Waals surface area contributed by atoms with Crippen LogP contribution in [0.2, 0.25) is 15.1 Å². The third-order valence-electron chi connectivity index (χ3n) is 4.18. The summed E-state index contributed by atoms with van der Waals surface area (Å²) in [6.07, 6.45) is 0. The molecule has 0 atom stereocenters. The van der Waals surface area contributed by atoms with Crippen LogP contribution in [0, 0.1) is 0 Å². The van der Waals surface area contributed by atoms with Crippen LogP contribution in [0.25, 0.3) is 0 Å². The van der Waals surface area contributed by atoms with Gasteiger partial charge in [-0.25, -0.2) is 5.43 Å². The molecule has 2 amide bonds. The molecule has 0 bridgehead atoms.